The zero-order chi connectivity index (χ0) is 27.5. The van der Waals surface area contributed by atoms with Crippen LogP contribution in [0.5, 0.6) is 17.2 Å². The maximum Gasteiger partial charge on any atom is 0.241 e. The van der Waals surface area contributed by atoms with Crippen molar-refractivity contribution in [2.75, 3.05) is 12.0 Å². The van der Waals surface area contributed by atoms with Gasteiger partial charge in [0.2, 0.25) is 11.8 Å². The molecule has 39 heavy (non-hydrogen) atoms. The minimum Gasteiger partial charge on any atom is -0.495 e. The number of nitrogens with zero attached hydrogens (tertiary/aromatic N) is 4. The average Bonchev–Trinajstić information content (AvgIpc) is 3.57. The molecule has 9 nitrogen and oxygen atoms in total. The van der Waals surface area contributed by atoms with Gasteiger partial charge < -0.3 is 19.8 Å². The fourth-order valence-corrected chi connectivity index (χ4v) is 5.28. The Morgan fingerprint density at radius 3 is 2.67 bits per heavy atom. The first-order valence-electron chi connectivity index (χ1n) is 12.0. The summed E-state index contributed by atoms with van der Waals surface area (Å²) in [5, 5.41) is 0. The van der Waals surface area contributed by atoms with E-state index in [4.69, 9.17) is 15.2 Å². The van der Waals surface area contributed by atoms with Crippen LogP contribution in [0, 0.1) is 5.82 Å². The fourth-order valence-electron chi connectivity index (χ4n) is 4.19. The Balaban J connectivity index is 1.50. The number of rotatable bonds is 9. The summed E-state index contributed by atoms with van der Waals surface area (Å²) >= 11 is 1.47. The summed E-state index contributed by atoms with van der Waals surface area (Å²) in [6.45, 7) is 2.81. The number of para-hydroxylation sites is 2. The molecule has 0 saturated carbocycles. The molecule has 5 aromatic rings. The van der Waals surface area contributed by atoms with Gasteiger partial charge in [-0.25, -0.2) is 9.37 Å². The monoisotopic (exact) mass is 545 g/mol. The molecule has 0 unspecified atom stereocenters. The third kappa shape index (κ3) is 5.16. The number of pyridine rings is 1. The number of carbonyl (C=O) groups excluding carboxylic acids is 2. The molecular formula is C28H24FN5O4S. The summed E-state index contributed by atoms with van der Waals surface area (Å²) in [6, 6.07) is 14.5. The lowest BCUT2D eigenvalue weighted by Crippen LogP contribution is -2.30. The molecule has 2 N–H and O–H groups in total. The van der Waals surface area contributed by atoms with E-state index < -0.39 is 24.1 Å². The summed E-state index contributed by atoms with van der Waals surface area (Å²) in [5.41, 5.74) is 7.47. The van der Waals surface area contributed by atoms with Crippen molar-refractivity contribution in [3.63, 3.8) is 0 Å². The highest BCUT2D eigenvalue weighted by atomic mass is 32.1. The van der Waals surface area contributed by atoms with Crippen molar-refractivity contribution < 1.29 is 23.5 Å². The van der Waals surface area contributed by atoms with Gasteiger partial charge in [-0.1, -0.05) is 12.1 Å². The van der Waals surface area contributed by atoms with Crippen LogP contribution in [0.3, 0.4) is 0 Å². The van der Waals surface area contributed by atoms with E-state index in [0.717, 1.165) is 21.8 Å². The van der Waals surface area contributed by atoms with Crippen molar-refractivity contribution >= 4 is 44.7 Å². The zero-order valence-corrected chi connectivity index (χ0v) is 21.9. The van der Waals surface area contributed by atoms with Gasteiger partial charge in [-0.2, -0.15) is 0 Å². The second-order valence-electron chi connectivity index (χ2n) is 8.46. The number of thiophene rings is 1. The van der Waals surface area contributed by atoms with Crippen LogP contribution in [0.15, 0.2) is 73.3 Å². The minimum absolute atomic E-state index is 0.0397. The Labute approximate surface area is 227 Å². The van der Waals surface area contributed by atoms with Gasteiger partial charge in [-0.05, 0) is 37.3 Å². The maximum atomic E-state index is 15.4. The molecule has 0 aliphatic rings. The van der Waals surface area contributed by atoms with Crippen LogP contribution in [-0.2, 0) is 16.1 Å². The van der Waals surface area contributed by atoms with Gasteiger partial charge in [-0.15, -0.1) is 11.3 Å². The molecule has 3 heterocycles. The first-order valence-corrected chi connectivity index (χ1v) is 12.8. The molecule has 3 aromatic heterocycles. The van der Waals surface area contributed by atoms with Crippen LogP contribution in [0.4, 0.5) is 15.8 Å². The number of fused-ring (bicyclic) bond motifs is 1. The van der Waals surface area contributed by atoms with Crippen molar-refractivity contribution in [1.29, 1.82) is 0 Å². The molecule has 0 aliphatic carbocycles. The van der Waals surface area contributed by atoms with Gasteiger partial charge in [0.15, 0.2) is 11.6 Å². The Kier molecular flexibility index (Phi) is 7.24. The van der Waals surface area contributed by atoms with Crippen molar-refractivity contribution in [2.45, 2.75) is 19.9 Å². The summed E-state index contributed by atoms with van der Waals surface area (Å²) in [4.78, 5) is 35.3. The first kappa shape index (κ1) is 25.9. The quantitative estimate of drug-likeness (QED) is 0.239. The maximum absolute atomic E-state index is 15.4. The first-order chi connectivity index (χ1) is 18.9. The predicted molar refractivity (Wildman–Crippen MR) is 147 cm³/mol. The molecule has 0 aliphatic heterocycles. The van der Waals surface area contributed by atoms with Crippen LogP contribution in [0.1, 0.15) is 13.3 Å². The third-order valence-corrected chi connectivity index (χ3v) is 7.14. The van der Waals surface area contributed by atoms with E-state index in [2.05, 4.69) is 9.97 Å². The summed E-state index contributed by atoms with van der Waals surface area (Å²) in [6.07, 6.45) is 4.60. The lowest BCUT2D eigenvalue weighted by Gasteiger charge is -2.24. The molecule has 0 bridgehead atoms. The fraction of sp³-hybridized carbons (Fsp3) is 0.143. The molecule has 0 atom stereocenters. The molecular weight excluding hydrogens is 521 g/mol. The Hall–Kier alpha value is -4.77. The number of carbonyl (C=O) groups is 2. The van der Waals surface area contributed by atoms with Crippen LogP contribution in [0.2, 0.25) is 0 Å². The van der Waals surface area contributed by atoms with E-state index in [1.807, 2.05) is 17.6 Å². The number of amides is 2. The van der Waals surface area contributed by atoms with Gasteiger partial charge >= 0.3 is 0 Å². The number of hydrogen-bond donors (Lipinski definition) is 1. The number of halogens is 1. The number of benzene rings is 2. The molecule has 0 spiro atoms. The highest BCUT2D eigenvalue weighted by molar-refractivity contribution is 7.22. The lowest BCUT2D eigenvalue weighted by molar-refractivity contribution is -0.125. The second-order valence-corrected chi connectivity index (χ2v) is 9.51. The number of ether oxygens (including phenoxy) is 2. The van der Waals surface area contributed by atoms with Crippen molar-refractivity contribution in [1.82, 2.24) is 14.5 Å². The smallest absolute Gasteiger partial charge is 0.241 e. The molecule has 0 fully saturated rings. The number of nitrogens with two attached hydrogens (primary N) is 1. The van der Waals surface area contributed by atoms with Crippen LogP contribution in [0.25, 0.3) is 20.8 Å². The van der Waals surface area contributed by atoms with E-state index in [9.17, 15) is 9.59 Å². The molecule has 0 saturated heterocycles. The van der Waals surface area contributed by atoms with Gasteiger partial charge in [0.05, 0.1) is 51.8 Å². The van der Waals surface area contributed by atoms with E-state index in [1.165, 1.54) is 41.5 Å². The molecule has 2 aromatic carbocycles. The number of methoxy groups -OCH3 is 1. The Bertz CT molecular complexity index is 1680. The number of anilines is 2. The third-order valence-electron chi connectivity index (χ3n) is 5.98. The highest BCUT2D eigenvalue weighted by Gasteiger charge is 2.24. The van der Waals surface area contributed by atoms with Crippen molar-refractivity contribution in [3.05, 3.63) is 79.1 Å². The molecule has 198 valence electrons. The minimum atomic E-state index is -0.806. The SMILES string of the molecule is CCn1cncc1-c1cc2nccc(Oc3ccc(N(C(=O)CC(N)=O)c4ccccc4OC)cc3F)c2s1. The van der Waals surface area contributed by atoms with Crippen LogP contribution < -0.4 is 20.1 Å². The molecule has 11 heteroatoms. The van der Waals surface area contributed by atoms with E-state index in [1.54, 1.807) is 49.1 Å². The van der Waals surface area contributed by atoms with Gasteiger partial charge in [-0.3, -0.25) is 19.5 Å². The van der Waals surface area contributed by atoms with Gasteiger partial charge in [0.1, 0.15) is 17.9 Å². The Morgan fingerprint density at radius 2 is 1.92 bits per heavy atom. The van der Waals surface area contributed by atoms with Crippen LogP contribution in [-0.4, -0.2) is 33.5 Å². The molecule has 0 radical (unpaired) electrons. The number of aryl methyl sites for hydroxylation is 1. The normalized spacial score (nSPS) is 10.9. The van der Waals surface area contributed by atoms with Crippen LogP contribution >= 0.6 is 11.3 Å². The van der Waals surface area contributed by atoms with Gasteiger partial charge in [0, 0.05) is 24.9 Å². The molecule has 5 rings (SSSR count). The van der Waals surface area contributed by atoms with Gasteiger partial charge in [0.25, 0.3) is 0 Å². The topological polar surface area (TPSA) is 113 Å². The van der Waals surface area contributed by atoms with Crippen molar-refractivity contribution in [2.24, 2.45) is 5.73 Å². The highest BCUT2D eigenvalue weighted by Crippen LogP contribution is 2.41. The van der Waals surface area contributed by atoms with Crippen molar-refractivity contribution in [3.8, 4) is 27.8 Å². The molecule has 2 amide bonds. The standard InChI is InChI=1S/C28H24FN5O4S/c1-3-33-16-31-15-21(33)25-13-19-28(39-25)24(10-11-32-19)38-22-9-8-17(12-18(22)29)34(27(36)14-26(30)35)20-6-4-5-7-23(20)37-2/h4-13,15-16H,3,14H2,1-2H3,(H2,30,35). The second kappa shape index (κ2) is 10.9. The largest absolute Gasteiger partial charge is 0.495 e. The predicted octanol–water partition coefficient (Wildman–Crippen LogP) is 5.66. The van der Waals surface area contributed by atoms with E-state index in [0.29, 0.717) is 22.7 Å². The van der Waals surface area contributed by atoms with E-state index in [-0.39, 0.29) is 11.4 Å². The number of hydrogen-bond acceptors (Lipinski definition) is 7. The lowest BCUT2D eigenvalue weighted by atomic mass is 10.2. The number of aromatic nitrogens is 3. The zero-order valence-electron chi connectivity index (χ0n) is 21.1. The average molecular weight is 546 g/mol. The number of imidazole rings is 1. The Morgan fingerprint density at radius 1 is 1.10 bits per heavy atom. The summed E-state index contributed by atoms with van der Waals surface area (Å²) < 4.78 is 29.6. The van der Waals surface area contributed by atoms with E-state index >= 15 is 4.39 Å². The number of primary amides is 1. The summed E-state index contributed by atoms with van der Waals surface area (Å²) in [5.74, 6) is -1.37. The summed E-state index contributed by atoms with van der Waals surface area (Å²) in [7, 11) is 1.45.